The number of alkyl halides is 1. The maximum Gasteiger partial charge on any atom is 0.508 e. The van der Waals surface area contributed by atoms with Gasteiger partial charge in [-0.2, -0.15) is 0 Å². The fourth-order valence-electron chi connectivity index (χ4n) is 1.03. The zero-order valence-electron chi connectivity index (χ0n) is 7.10. The maximum atomic E-state index is 12.6. The van der Waals surface area contributed by atoms with E-state index in [2.05, 4.69) is 9.47 Å². The molecule has 1 aliphatic rings. The molecule has 1 unspecified atom stereocenters. The van der Waals surface area contributed by atoms with Crippen LogP contribution >= 0.6 is 0 Å². The summed E-state index contributed by atoms with van der Waals surface area (Å²) >= 11 is 0. The first-order chi connectivity index (χ1) is 6.13. The van der Waals surface area contributed by atoms with Crippen molar-refractivity contribution < 1.29 is 28.5 Å². The summed E-state index contributed by atoms with van der Waals surface area (Å²) in [6, 6.07) is 0. The van der Waals surface area contributed by atoms with Crippen LogP contribution in [0.15, 0.2) is 0 Å². The van der Waals surface area contributed by atoms with Crippen LogP contribution in [0.3, 0.4) is 0 Å². The lowest BCUT2D eigenvalue weighted by molar-refractivity contribution is -0.122. The fraction of sp³-hybridized carbons (Fsp3) is 0.857. The molecule has 1 saturated heterocycles. The number of aliphatic hydroxyl groups is 1. The van der Waals surface area contributed by atoms with Crippen molar-refractivity contribution in [2.45, 2.75) is 25.0 Å². The van der Waals surface area contributed by atoms with Crippen molar-refractivity contribution in [1.82, 2.24) is 0 Å². The summed E-state index contributed by atoms with van der Waals surface area (Å²) in [5.74, 6) is 0. The Hall–Kier alpha value is -0.880. The quantitative estimate of drug-likeness (QED) is 0.637. The zero-order valence-corrected chi connectivity index (χ0v) is 7.10. The summed E-state index contributed by atoms with van der Waals surface area (Å²) < 4.78 is 26.0. The van der Waals surface area contributed by atoms with Gasteiger partial charge in [-0.05, 0) is 0 Å². The van der Waals surface area contributed by atoms with E-state index in [0.717, 1.165) is 0 Å². The number of aliphatic hydroxyl groups excluding tert-OH is 1. The van der Waals surface area contributed by atoms with Gasteiger partial charge in [-0.15, -0.1) is 0 Å². The van der Waals surface area contributed by atoms with Gasteiger partial charge in [0.1, 0.15) is 6.61 Å². The lowest BCUT2D eigenvalue weighted by atomic mass is 10.2. The van der Waals surface area contributed by atoms with E-state index in [9.17, 15) is 9.18 Å². The Labute approximate surface area is 74.4 Å². The molecule has 1 N–H and O–H groups in total. The second kappa shape index (κ2) is 4.38. The Bertz CT molecular complexity index is 176. The largest absolute Gasteiger partial charge is 0.508 e. The molecule has 0 saturated carbocycles. The molecule has 0 aromatic carbocycles. The number of halogens is 1. The van der Waals surface area contributed by atoms with E-state index in [4.69, 9.17) is 9.84 Å². The number of hydrogen-bond acceptors (Lipinski definition) is 5. The highest BCUT2D eigenvalue weighted by Crippen LogP contribution is 2.21. The van der Waals surface area contributed by atoms with Gasteiger partial charge in [0.2, 0.25) is 0 Å². The minimum absolute atomic E-state index is 0.0260. The van der Waals surface area contributed by atoms with Crippen molar-refractivity contribution in [2.75, 3.05) is 13.7 Å². The molecule has 5 nitrogen and oxygen atoms in total. The van der Waals surface area contributed by atoms with Crippen LogP contribution in [0, 0.1) is 0 Å². The topological polar surface area (TPSA) is 65.0 Å². The van der Waals surface area contributed by atoms with Crippen molar-refractivity contribution in [3.05, 3.63) is 0 Å². The van der Waals surface area contributed by atoms with Crippen LogP contribution in [0.1, 0.15) is 6.42 Å². The maximum absolute atomic E-state index is 12.6. The second-order valence-corrected chi connectivity index (χ2v) is 2.67. The molecule has 0 amide bonds. The Balaban J connectivity index is 2.20. The predicted molar refractivity (Wildman–Crippen MR) is 38.7 cm³/mol. The molecule has 1 heterocycles. The van der Waals surface area contributed by atoms with Crippen molar-refractivity contribution in [1.29, 1.82) is 0 Å². The lowest BCUT2D eigenvalue weighted by Gasteiger charge is -2.09. The summed E-state index contributed by atoms with van der Waals surface area (Å²) in [5, 5.41) is 8.82. The molecule has 13 heavy (non-hydrogen) atoms. The molecule has 0 radical (unpaired) electrons. The minimum Gasteiger partial charge on any atom is -0.438 e. The van der Waals surface area contributed by atoms with Crippen LogP contribution in [0.25, 0.3) is 0 Å². The number of methoxy groups -OCH3 is 1. The van der Waals surface area contributed by atoms with E-state index in [0.29, 0.717) is 0 Å². The highest BCUT2D eigenvalue weighted by Gasteiger charge is 2.34. The number of hydrogen-bond donors (Lipinski definition) is 1. The van der Waals surface area contributed by atoms with Gasteiger partial charge in [-0.3, -0.25) is 0 Å². The molecule has 76 valence electrons. The van der Waals surface area contributed by atoms with Gasteiger partial charge in [-0.25, -0.2) is 9.18 Å². The van der Waals surface area contributed by atoms with E-state index in [1.54, 1.807) is 0 Å². The van der Waals surface area contributed by atoms with E-state index in [1.165, 1.54) is 7.11 Å². The van der Waals surface area contributed by atoms with Crippen LogP contribution in [0.5, 0.6) is 0 Å². The first kappa shape index (κ1) is 10.2. The molecule has 1 fully saturated rings. The minimum atomic E-state index is -1.41. The first-order valence-corrected chi connectivity index (χ1v) is 3.82. The van der Waals surface area contributed by atoms with Crippen molar-refractivity contribution in [3.63, 3.8) is 0 Å². The fourth-order valence-corrected chi connectivity index (χ4v) is 1.03. The average Bonchev–Trinajstić information content (AvgIpc) is 2.42. The Morgan fingerprint density at radius 1 is 1.77 bits per heavy atom. The molecule has 0 spiro atoms. The summed E-state index contributed by atoms with van der Waals surface area (Å²) in [7, 11) is 1.17. The SMILES string of the molecule is COC(=O)OC[C@@H]1C[C@H](F)C(O)O1. The van der Waals surface area contributed by atoms with Crippen LogP contribution in [0.4, 0.5) is 9.18 Å². The van der Waals surface area contributed by atoms with Crippen LogP contribution in [-0.4, -0.2) is 43.5 Å². The number of carbonyl (C=O) groups is 1. The molecule has 1 aliphatic heterocycles. The van der Waals surface area contributed by atoms with Gasteiger partial charge in [0.15, 0.2) is 12.5 Å². The molecule has 0 aromatic rings. The molecule has 3 atom stereocenters. The summed E-state index contributed by atoms with van der Waals surface area (Å²) in [6.45, 7) is -0.107. The zero-order chi connectivity index (χ0) is 9.84. The monoisotopic (exact) mass is 194 g/mol. The Morgan fingerprint density at radius 2 is 2.46 bits per heavy atom. The number of rotatable bonds is 2. The Kier molecular flexibility index (Phi) is 3.44. The van der Waals surface area contributed by atoms with Crippen molar-refractivity contribution in [3.8, 4) is 0 Å². The summed E-state index contributed by atoms with van der Waals surface area (Å²) in [5.41, 5.74) is 0. The summed E-state index contributed by atoms with van der Waals surface area (Å²) in [6.07, 6.45) is -4.24. The van der Waals surface area contributed by atoms with Crippen molar-refractivity contribution in [2.24, 2.45) is 0 Å². The number of ether oxygens (including phenoxy) is 3. The lowest BCUT2D eigenvalue weighted by Crippen LogP contribution is -2.19. The third kappa shape index (κ3) is 2.82. The average molecular weight is 194 g/mol. The predicted octanol–water partition coefficient (Wildman–Crippen LogP) is 0.215. The molecular formula is C7H11FO5. The van der Waals surface area contributed by atoms with Gasteiger partial charge >= 0.3 is 6.16 Å². The second-order valence-electron chi connectivity index (χ2n) is 2.67. The number of carbonyl (C=O) groups excluding carboxylic acids is 1. The van der Waals surface area contributed by atoms with E-state index >= 15 is 0 Å². The van der Waals surface area contributed by atoms with Crippen LogP contribution in [0.2, 0.25) is 0 Å². The third-order valence-electron chi connectivity index (χ3n) is 1.68. The van der Waals surface area contributed by atoms with E-state index in [1.807, 2.05) is 0 Å². The van der Waals surface area contributed by atoms with Gasteiger partial charge in [-0.1, -0.05) is 0 Å². The Morgan fingerprint density at radius 3 is 2.92 bits per heavy atom. The highest BCUT2D eigenvalue weighted by molar-refractivity contribution is 5.59. The molecule has 1 rings (SSSR count). The van der Waals surface area contributed by atoms with Gasteiger partial charge in [0, 0.05) is 6.42 Å². The van der Waals surface area contributed by atoms with Crippen LogP contribution < -0.4 is 0 Å². The highest BCUT2D eigenvalue weighted by atomic mass is 19.1. The molecule has 0 aromatic heterocycles. The first-order valence-electron chi connectivity index (χ1n) is 3.82. The van der Waals surface area contributed by atoms with E-state index in [-0.39, 0.29) is 13.0 Å². The normalized spacial score (nSPS) is 33.0. The molecular weight excluding hydrogens is 183 g/mol. The smallest absolute Gasteiger partial charge is 0.438 e. The van der Waals surface area contributed by atoms with Gasteiger partial charge < -0.3 is 19.3 Å². The van der Waals surface area contributed by atoms with Gasteiger partial charge in [0.25, 0.3) is 0 Å². The molecule has 0 bridgehead atoms. The van der Waals surface area contributed by atoms with E-state index < -0.39 is 24.7 Å². The van der Waals surface area contributed by atoms with Crippen molar-refractivity contribution >= 4 is 6.16 Å². The molecule has 0 aliphatic carbocycles. The molecule has 6 heteroatoms. The van der Waals surface area contributed by atoms with Gasteiger partial charge in [0.05, 0.1) is 13.2 Å². The standard InChI is InChI=1S/C7H11FO5/c1-11-7(10)12-3-4-2-5(8)6(9)13-4/h4-6,9H,2-3H2,1H3/t4-,5-,6?/m0/s1. The van der Waals surface area contributed by atoms with Crippen LogP contribution in [-0.2, 0) is 14.2 Å². The third-order valence-corrected chi connectivity index (χ3v) is 1.68. The summed E-state index contributed by atoms with van der Waals surface area (Å²) in [4.78, 5) is 10.5.